The Kier molecular flexibility index (Phi) is 5.72. The SMILES string of the molecule is O=C(O)CCC(NC(=O)COc1ccc2ccc(=O)oc2c1)C(=O)O. The first-order chi connectivity index (χ1) is 11.8. The van der Waals surface area contributed by atoms with Crippen molar-refractivity contribution in [2.75, 3.05) is 6.61 Å². The monoisotopic (exact) mass is 349 g/mol. The van der Waals surface area contributed by atoms with E-state index < -0.39 is 36.1 Å². The first-order valence-electron chi connectivity index (χ1n) is 7.26. The van der Waals surface area contributed by atoms with Crippen LogP contribution in [0.4, 0.5) is 0 Å². The maximum absolute atomic E-state index is 11.8. The second-order valence-electron chi connectivity index (χ2n) is 5.13. The highest BCUT2D eigenvalue weighted by atomic mass is 16.5. The minimum Gasteiger partial charge on any atom is -0.484 e. The molecule has 0 saturated carbocycles. The third-order valence-corrected chi connectivity index (χ3v) is 3.24. The molecule has 1 amide bonds. The van der Waals surface area contributed by atoms with Gasteiger partial charge in [-0.25, -0.2) is 9.59 Å². The summed E-state index contributed by atoms with van der Waals surface area (Å²) in [5.41, 5.74) is -0.236. The quantitative estimate of drug-likeness (QED) is 0.588. The van der Waals surface area contributed by atoms with E-state index in [1.807, 2.05) is 0 Å². The van der Waals surface area contributed by atoms with E-state index in [1.54, 1.807) is 18.2 Å². The smallest absolute Gasteiger partial charge is 0.336 e. The Morgan fingerprint density at radius 1 is 1.16 bits per heavy atom. The molecule has 1 unspecified atom stereocenters. The number of hydrogen-bond acceptors (Lipinski definition) is 6. The Balaban J connectivity index is 1.95. The highest BCUT2D eigenvalue weighted by Gasteiger charge is 2.21. The molecular weight excluding hydrogens is 334 g/mol. The van der Waals surface area contributed by atoms with E-state index in [2.05, 4.69) is 5.32 Å². The number of carboxylic acids is 2. The molecule has 25 heavy (non-hydrogen) atoms. The van der Waals surface area contributed by atoms with Crippen LogP contribution in [0, 0.1) is 0 Å². The van der Waals surface area contributed by atoms with Crippen molar-refractivity contribution in [1.29, 1.82) is 0 Å². The Morgan fingerprint density at radius 2 is 1.88 bits per heavy atom. The zero-order valence-electron chi connectivity index (χ0n) is 12.9. The van der Waals surface area contributed by atoms with Gasteiger partial charge < -0.3 is 24.7 Å². The van der Waals surface area contributed by atoms with Crippen molar-refractivity contribution < 1.29 is 33.8 Å². The summed E-state index contributed by atoms with van der Waals surface area (Å²) in [6.45, 7) is -0.473. The van der Waals surface area contributed by atoms with E-state index in [9.17, 15) is 19.2 Å². The van der Waals surface area contributed by atoms with Crippen molar-refractivity contribution in [3.8, 4) is 5.75 Å². The largest absolute Gasteiger partial charge is 0.484 e. The molecule has 9 nitrogen and oxygen atoms in total. The second kappa shape index (κ2) is 7.95. The van der Waals surface area contributed by atoms with Gasteiger partial charge in [-0.2, -0.15) is 0 Å². The van der Waals surface area contributed by atoms with Crippen molar-refractivity contribution in [2.45, 2.75) is 18.9 Å². The van der Waals surface area contributed by atoms with Gasteiger partial charge in [0, 0.05) is 23.9 Å². The predicted octanol–water partition coefficient (Wildman–Crippen LogP) is 0.606. The van der Waals surface area contributed by atoms with Crippen molar-refractivity contribution in [3.63, 3.8) is 0 Å². The number of benzene rings is 1. The molecule has 0 radical (unpaired) electrons. The van der Waals surface area contributed by atoms with Crippen LogP contribution in [-0.4, -0.2) is 40.7 Å². The lowest BCUT2D eigenvalue weighted by molar-refractivity contribution is -0.143. The third-order valence-electron chi connectivity index (χ3n) is 3.24. The maximum atomic E-state index is 11.8. The summed E-state index contributed by atoms with van der Waals surface area (Å²) >= 11 is 0. The summed E-state index contributed by atoms with van der Waals surface area (Å²) in [5, 5.41) is 20.4. The van der Waals surface area contributed by atoms with E-state index in [4.69, 9.17) is 19.4 Å². The molecule has 2 rings (SSSR count). The van der Waals surface area contributed by atoms with Crippen LogP contribution in [0.3, 0.4) is 0 Å². The van der Waals surface area contributed by atoms with E-state index in [-0.39, 0.29) is 24.2 Å². The minimum absolute atomic E-state index is 0.239. The fourth-order valence-corrected chi connectivity index (χ4v) is 2.04. The number of fused-ring (bicyclic) bond motifs is 1. The molecule has 1 aromatic heterocycles. The van der Waals surface area contributed by atoms with Gasteiger partial charge in [0.25, 0.3) is 5.91 Å². The summed E-state index contributed by atoms with van der Waals surface area (Å²) in [6, 6.07) is 6.18. The lowest BCUT2D eigenvalue weighted by Gasteiger charge is -2.14. The van der Waals surface area contributed by atoms with Gasteiger partial charge in [-0.15, -0.1) is 0 Å². The molecule has 9 heteroatoms. The number of carbonyl (C=O) groups excluding carboxylic acids is 1. The molecule has 0 aliphatic heterocycles. The van der Waals surface area contributed by atoms with Crippen molar-refractivity contribution in [2.24, 2.45) is 0 Å². The summed E-state index contributed by atoms with van der Waals surface area (Å²) < 4.78 is 10.2. The zero-order chi connectivity index (χ0) is 18.4. The van der Waals surface area contributed by atoms with Crippen molar-refractivity contribution >= 4 is 28.8 Å². The molecular formula is C16H15NO8. The first kappa shape index (κ1) is 18.0. The molecule has 1 atom stereocenters. The van der Waals surface area contributed by atoms with Gasteiger partial charge in [0.2, 0.25) is 0 Å². The number of amides is 1. The van der Waals surface area contributed by atoms with Crippen LogP contribution in [0.2, 0.25) is 0 Å². The van der Waals surface area contributed by atoms with E-state index in [0.717, 1.165) is 0 Å². The normalized spacial score (nSPS) is 11.7. The molecule has 0 aliphatic carbocycles. The number of rotatable bonds is 8. The molecule has 1 heterocycles. The summed E-state index contributed by atoms with van der Waals surface area (Å²) in [5.74, 6) is -2.95. The lowest BCUT2D eigenvalue weighted by Crippen LogP contribution is -2.43. The van der Waals surface area contributed by atoms with E-state index in [0.29, 0.717) is 5.39 Å². The van der Waals surface area contributed by atoms with Crippen LogP contribution < -0.4 is 15.7 Å². The van der Waals surface area contributed by atoms with Crippen LogP contribution in [0.5, 0.6) is 5.75 Å². The Labute approximate surface area is 140 Å². The summed E-state index contributed by atoms with van der Waals surface area (Å²) in [7, 11) is 0. The lowest BCUT2D eigenvalue weighted by atomic mass is 10.1. The van der Waals surface area contributed by atoms with Crippen molar-refractivity contribution in [3.05, 3.63) is 40.8 Å². The van der Waals surface area contributed by atoms with E-state index >= 15 is 0 Å². The van der Waals surface area contributed by atoms with Crippen LogP contribution in [0.15, 0.2) is 39.5 Å². The number of ether oxygens (including phenoxy) is 1. The molecule has 0 fully saturated rings. The minimum atomic E-state index is -1.33. The first-order valence-corrected chi connectivity index (χ1v) is 7.26. The van der Waals surface area contributed by atoms with Gasteiger partial charge in [-0.05, 0) is 24.6 Å². The van der Waals surface area contributed by atoms with Gasteiger partial charge >= 0.3 is 17.6 Å². The van der Waals surface area contributed by atoms with Gasteiger partial charge in [-0.3, -0.25) is 9.59 Å². The van der Waals surface area contributed by atoms with Crippen LogP contribution >= 0.6 is 0 Å². The Morgan fingerprint density at radius 3 is 2.56 bits per heavy atom. The molecule has 132 valence electrons. The summed E-state index contributed by atoms with van der Waals surface area (Å²) in [4.78, 5) is 44.5. The molecule has 1 aromatic carbocycles. The van der Waals surface area contributed by atoms with E-state index in [1.165, 1.54) is 12.1 Å². The number of hydrogen-bond donors (Lipinski definition) is 3. The highest BCUT2D eigenvalue weighted by Crippen LogP contribution is 2.19. The zero-order valence-corrected chi connectivity index (χ0v) is 12.9. The predicted molar refractivity (Wildman–Crippen MR) is 84.4 cm³/mol. The fraction of sp³-hybridized carbons (Fsp3) is 0.250. The van der Waals surface area contributed by atoms with Gasteiger partial charge in [-0.1, -0.05) is 0 Å². The van der Waals surface area contributed by atoms with Crippen LogP contribution in [0.1, 0.15) is 12.8 Å². The molecule has 0 saturated heterocycles. The van der Waals surface area contributed by atoms with Gasteiger partial charge in [0.1, 0.15) is 17.4 Å². The molecule has 0 bridgehead atoms. The van der Waals surface area contributed by atoms with Gasteiger partial charge in [0.05, 0.1) is 0 Å². The number of carboxylic acid groups (broad SMARTS) is 2. The Bertz CT molecular complexity index is 857. The molecule has 2 aromatic rings. The average Bonchev–Trinajstić information content (AvgIpc) is 2.55. The third kappa shape index (κ3) is 5.34. The standard InChI is InChI=1S/C16H15NO8/c18-13(17-11(16(22)23)4-5-14(19)20)8-24-10-3-1-9-2-6-15(21)25-12(9)7-10/h1-3,6-7,11H,4-5,8H2,(H,17,18)(H,19,20)(H,22,23). The van der Waals surface area contributed by atoms with Crippen molar-refractivity contribution in [1.82, 2.24) is 5.32 Å². The highest BCUT2D eigenvalue weighted by molar-refractivity contribution is 5.85. The van der Waals surface area contributed by atoms with Crippen LogP contribution in [-0.2, 0) is 14.4 Å². The van der Waals surface area contributed by atoms with Gasteiger partial charge in [0.15, 0.2) is 6.61 Å². The Hall–Kier alpha value is -3.36. The molecule has 0 aliphatic rings. The average molecular weight is 349 g/mol. The number of nitrogens with one attached hydrogen (secondary N) is 1. The second-order valence-corrected chi connectivity index (χ2v) is 5.13. The van der Waals surface area contributed by atoms with Crippen LogP contribution in [0.25, 0.3) is 11.0 Å². The molecule has 0 spiro atoms. The maximum Gasteiger partial charge on any atom is 0.336 e. The number of carbonyl (C=O) groups is 3. The molecule has 3 N–H and O–H groups in total. The topological polar surface area (TPSA) is 143 Å². The summed E-state index contributed by atoms with van der Waals surface area (Å²) in [6.07, 6.45) is -0.626. The fourth-order valence-electron chi connectivity index (χ4n) is 2.04. The number of aliphatic carboxylic acids is 2.